The Balaban J connectivity index is 2.04. The van der Waals surface area contributed by atoms with Crippen molar-refractivity contribution in [3.63, 3.8) is 0 Å². The first kappa shape index (κ1) is 21.8. The second kappa shape index (κ2) is 8.83. The normalized spacial score (nSPS) is 22.6. The monoisotopic (exact) mass is 407 g/mol. The molecule has 2 aromatic carbocycles. The zero-order chi connectivity index (χ0) is 21.1. The van der Waals surface area contributed by atoms with Crippen molar-refractivity contribution >= 4 is 18.7 Å². The molecule has 0 amide bonds. The lowest BCUT2D eigenvalue weighted by Crippen LogP contribution is -2.67. The first-order chi connectivity index (χ1) is 13.8. The second-order valence-corrected chi connectivity index (χ2v) is 13.6. The highest BCUT2D eigenvalue weighted by Crippen LogP contribution is 2.41. The van der Waals surface area contributed by atoms with Crippen LogP contribution in [-0.4, -0.2) is 26.6 Å². The predicted molar refractivity (Wildman–Crippen MR) is 121 cm³/mol. The number of benzene rings is 2. The van der Waals surface area contributed by atoms with Gasteiger partial charge in [-0.3, -0.25) is 0 Å². The van der Waals surface area contributed by atoms with E-state index in [0.29, 0.717) is 0 Å². The maximum absolute atomic E-state index is 9.69. The third-order valence-electron chi connectivity index (χ3n) is 5.83. The first-order valence-corrected chi connectivity index (χ1v) is 12.5. The van der Waals surface area contributed by atoms with Crippen LogP contribution in [0.4, 0.5) is 0 Å². The van der Waals surface area contributed by atoms with Crippen LogP contribution in [0.2, 0.25) is 5.04 Å². The minimum Gasteiger partial charge on any atom is -0.404 e. The molecule has 0 radical (unpaired) electrons. The Kier molecular flexibility index (Phi) is 6.63. The number of hydrogen-bond acceptors (Lipinski definition) is 3. The smallest absolute Gasteiger partial charge is 0.261 e. The van der Waals surface area contributed by atoms with Gasteiger partial charge in [-0.25, -0.2) is 0 Å². The number of nitriles is 1. The van der Waals surface area contributed by atoms with Gasteiger partial charge in [0.05, 0.1) is 24.2 Å². The van der Waals surface area contributed by atoms with Crippen LogP contribution in [0.25, 0.3) is 0 Å². The zero-order valence-corrected chi connectivity index (χ0v) is 19.3. The van der Waals surface area contributed by atoms with Crippen LogP contribution >= 0.6 is 0 Å². The Morgan fingerprint density at radius 1 is 0.931 bits per heavy atom. The van der Waals surface area contributed by atoms with Gasteiger partial charge in [-0.1, -0.05) is 81.4 Å². The molecule has 1 saturated carbocycles. The highest BCUT2D eigenvalue weighted by Gasteiger charge is 2.53. The van der Waals surface area contributed by atoms with Crippen LogP contribution in [0.1, 0.15) is 47.5 Å². The fraction of sp³-hybridized carbons (Fsp3) is 0.480. The van der Waals surface area contributed by atoms with Crippen LogP contribution < -0.4 is 10.4 Å². The van der Waals surface area contributed by atoms with Crippen LogP contribution in [0.5, 0.6) is 0 Å². The van der Waals surface area contributed by atoms with Crippen LogP contribution in [0.3, 0.4) is 0 Å². The van der Waals surface area contributed by atoms with Crippen LogP contribution in [0.15, 0.2) is 60.7 Å². The van der Waals surface area contributed by atoms with E-state index in [0.717, 1.165) is 12.8 Å². The molecule has 3 rings (SSSR count). The third-order valence-corrected chi connectivity index (χ3v) is 10.9. The highest BCUT2D eigenvalue weighted by atomic mass is 28.4. The number of hydrogen-bond donors (Lipinski definition) is 0. The van der Waals surface area contributed by atoms with Gasteiger partial charge in [-0.05, 0) is 42.1 Å². The molecule has 3 atom stereocenters. The predicted octanol–water partition coefficient (Wildman–Crippen LogP) is 4.66. The number of rotatable bonds is 6. The molecule has 1 aliphatic rings. The second-order valence-electron chi connectivity index (χ2n) is 9.33. The fourth-order valence-electron chi connectivity index (χ4n) is 4.63. The summed E-state index contributed by atoms with van der Waals surface area (Å²) in [5.41, 5.74) is 0. The van der Waals surface area contributed by atoms with E-state index in [-0.39, 0.29) is 29.3 Å². The van der Waals surface area contributed by atoms with Crippen LogP contribution in [0, 0.1) is 17.2 Å². The van der Waals surface area contributed by atoms with E-state index in [4.69, 9.17) is 9.16 Å². The van der Waals surface area contributed by atoms with Crippen molar-refractivity contribution in [2.75, 3.05) is 0 Å². The van der Waals surface area contributed by atoms with Gasteiger partial charge in [0.1, 0.15) is 0 Å². The fourth-order valence-corrected chi connectivity index (χ4v) is 9.34. The minimum absolute atomic E-state index is 0.0229. The molecule has 3 nitrogen and oxygen atoms in total. The average Bonchev–Trinajstić information content (AvgIpc) is 3.07. The Morgan fingerprint density at radius 2 is 1.45 bits per heavy atom. The Morgan fingerprint density at radius 3 is 1.86 bits per heavy atom. The van der Waals surface area contributed by atoms with Gasteiger partial charge in [0.15, 0.2) is 0 Å². The molecule has 154 valence electrons. The molecule has 0 unspecified atom stereocenters. The quantitative estimate of drug-likeness (QED) is 0.654. The van der Waals surface area contributed by atoms with Crippen molar-refractivity contribution in [3.05, 3.63) is 60.7 Å². The molecule has 0 aromatic heterocycles. The highest BCUT2D eigenvalue weighted by molar-refractivity contribution is 6.99. The molecule has 2 aromatic rings. The summed E-state index contributed by atoms with van der Waals surface area (Å²) in [5, 5.41) is 12.2. The van der Waals surface area contributed by atoms with E-state index in [9.17, 15) is 5.26 Å². The maximum atomic E-state index is 9.69. The van der Waals surface area contributed by atoms with E-state index >= 15 is 0 Å². The molecule has 0 spiro atoms. The summed E-state index contributed by atoms with van der Waals surface area (Å²) in [5.74, 6) is -0.111. The summed E-state index contributed by atoms with van der Waals surface area (Å²) in [6.07, 6.45) is 1.60. The van der Waals surface area contributed by atoms with Crippen molar-refractivity contribution in [2.24, 2.45) is 5.92 Å². The van der Waals surface area contributed by atoms with Gasteiger partial charge >= 0.3 is 0 Å². The van der Waals surface area contributed by atoms with Crippen molar-refractivity contribution < 1.29 is 9.16 Å². The van der Waals surface area contributed by atoms with E-state index in [1.807, 2.05) is 13.8 Å². The summed E-state index contributed by atoms with van der Waals surface area (Å²) < 4.78 is 13.3. The lowest BCUT2D eigenvalue weighted by Gasteiger charge is -2.44. The lowest BCUT2D eigenvalue weighted by molar-refractivity contribution is -0.00606. The summed E-state index contributed by atoms with van der Waals surface area (Å²) >= 11 is 0. The largest absolute Gasteiger partial charge is 0.404 e. The summed E-state index contributed by atoms with van der Waals surface area (Å²) in [6, 6.07) is 23.8. The standard InChI is InChI=1S/C25H33NO2Si/c1-19(2)27-24-17-21(16-20(24)18-26)28-29(25(3,4)5,22-12-8-6-9-13-22)23-14-10-7-11-15-23/h6-15,19-21,24H,16-17H2,1-5H3/t20-,21-,24+/m1/s1. The van der Waals surface area contributed by atoms with Gasteiger partial charge in [0, 0.05) is 6.10 Å². The van der Waals surface area contributed by atoms with Gasteiger partial charge < -0.3 is 9.16 Å². The molecule has 0 N–H and O–H groups in total. The van der Waals surface area contributed by atoms with E-state index in [2.05, 4.69) is 87.5 Å². The van der Waals surface area contributed by atoms with Crippen molar-refractivity contribution in [3.8, 4) is 6.07 Å². The molecule has 1 aliphatic carbocycles. The van der Waals surface area contributed by atoms with E-state index in [1.54, 1.807) is 0 Å². The van der Waals surface area contributed by atoms with E-state index in [1.165, 1.54) is 10.4 Å². The topological polar surface area (TPSA) is 42.2 Å². The van der Waals surface area contributed by atoms with Gasteiger partial charge in [-0.2, -0.15) is 5.26 Å². The van der Waals surface area contributed by atoms with Crippen molar-refractivity contribution in [1.82, 2.24) is 0 Å². The van der Waals surface area contributed by atoms with Gasteiger partial charge in [0.2, 0.25) is 0 Å². The molecule has 29 heavy (non-hydrogen) atoms. The molecular weight excluding hydrogens is 374 g/mol. The third kappa shape index (κ3) is 4.48. The molecular formula is C25H33NO2Si. The van der Waals surface area contributed by atoms with Crippen molar-refractivity contribution in [1.29, 1.82) is 5.26 Å². The molecule has 0 bridgehead atoms. The van der Waals surface area contributed by atoms with E-state index < -0.39 is 8.32 Å². The summed E-state index contributed by atoms with van der Waals surface area (Å²) in [4.78, 5) is 0. The Labute approximate surface area is 176 Å². The zero-order valence-electron chi connectivity index (χ0n) is 18.3. The Bertz CT molecular complexity index is 784. The van der Waals surface area contributed by atoms with Gasteiger partial charge in [-0.15, -0.1) is 0 Å². The molecule has 0 heterocycles. The first-order valence-electron chi connectivity index (χ1n) is 10.6. The minimum atomic E-state index is -2.59. The van der Waals surface area contributed by atoms with Gasteiger partial charge in [0.25, 0.3) is 8.32 Å². The van der Waals surface area contributed by atoms with Crippen molar-refractivity contribution in [2.45, 2.75) is 70.8 Å². The average molecular weight is 408 g/mol. The lowest BCUT2D eigenvalue weighted by atomic mass is 10.1. The Hall–Kier alpha value is -1.93. The molecule has 4 heteroatoms. The molecule has 1 fully saturated rings. The molecule has 0 aliphatic heterocycles. The number of nitrogens with zero attached hydrogens (tertiary/aromatic N) is 1. The summed E-state index contributed by atoms with van der Waals surface area (Å²) in [6.45, 7) is 10.9. The maximum Gasteiger partial charge on any atom is 0.261 e. The molecule has 0 saturated heterocycles. The van der Waals surface area contributed by atoms with Crippen LogP contribution in [-0.2, 0) is 9.16 Å². The SMILES string of the molecule is CC(C)O[C@H]1C[C@H](O[Si](c2ccccc2)(c2ccccc2)C(C)(C)C)C[C@@H]1C#N. The summed E-state index contributed by atoms with van der Waals surface area (Å²) in [7, 11) is -2.59. The number of ether oxygens (including phenoxy) is 1.